The van der Waals surface area contributed by atoms with E-state index in [-0.39, 0.29) is 32.4 Å². The van der Waals surface area contributed by atoms with Gasteiger partial charge in [-0.15, -0.1) is 0 Å². The van der Waals surface area contributed by atoms with Crippen molar-refractivity contribution in [2.45, 2.75) is 162 Å². The first kappa shape index (κ1) is 49.4. The van der Waals surface area contributed by atoms with Crippen LogP contribution < -0.4 is 0 Å². The van der Waals surface area contributed by atoms with Crippen molar-refractivity contribution in [3.63, 3.8) is 0 Å². The van der Waals surface area contributed by atoms with Crippen LogP contribution in [0.3, 0.4) is 0 Å². The number of nitrogens with zero attached hydrogens (tertiary/aromatic N) is 2. The third-order valence-corrected chi connectivity index (χ3v) is 9.92. The molecule has 1 aliphatic rings. The number of rotatable bonds is 34. The van der Waals surface area contributed by atoms with Crippen molar-refractivity contribution in [2.75, 3.05) is 66.2 Å². The molecule has 9 nitrogen and oxygen atoms in total. The molecule has 1 saturated heterocycles. The van der Waals surface area contributed by atoms with Crippen LogP contribution in [-0.4, -0.2) is 94.1 Å². The highest BCUT2D eigenvalue weighted by molar-refractivity contribution is 5.82. The minimum atomic E-state index is -0.758. The van der Waals surface area contributed by atoms with Crippen LogP contribution in [0.25, 0.3) is 0 Å². The summed E-state index contributed by atoms with van der Waals surface area (Å²) in [6, 6.07) is 0. The molecule has 312 valence electrons. The molecular formula is C45H80N2O7. The Balaban J connectivity index is 2.48. The van der Waals surface area contributed by atoms with Crippen molar-refractivity contribution in [2.24, 2.45) is 5.92 Å². The van der Waals surface area contributed by atoms with Crippen LogP contribution >= 0.6 is 0 Å². The minimum absolute atomic E-state index is 0.00710. The number of hydrogen-bond donors (Lipinski definition) is 0. The van der Waals surface area contributed by atoms with Gasteiger partial charge in [0.1, 0.15) is 19.8 Å². The van der Waals surface area contributed by atoms with Gasteiger partial charge in [0, 0.05) is 45.2 Å². The van der Waals surface area contributed by atoms with Crippen molar-refractivity contribution in [1.29, 1.82) is 0 Å². The van der Waals surface area contributed by atoms with Gasteiger partial charge >= 0.3 is 18.1 Å². The maximum atomic E-state index is 12.9. The van der Waals surface area contributed by atoms with Crippen LogP contribution in [0.5, 0.6) is 0 Å². The number of esters is 2. The van der Waals surface area contributed by atoms with Gasteiger partial charge in [-0.25, -0.2) is 9.59 Å². The Kier molecular flexibility index (Phi) is 32.9. The lowest BCUT2D eigenvalue weighted by atomic mass is 10.0. The van der Waals surface area contributed by atoms with Gasteiger partial charge in [-0.05, 0) is 77.7 Å². The van der Waals surface area contributed by atoms with E-state index >= 15 is 0 Å². The molecule has 54 heavy (non-hydrogen) atoms. The van der Waals surface area contributed by atoms with Crippen LogP contribution in [0.15, 0.2) is 36.0 Å². The Morgan fingerprint density at radius 1 is 0.574 bits per heavy atom. The second-order valence-corrected chi connectivity index (χ2v) is 15.1. The number of piperazine rings is 1. The van der Waals surface area contributed by atoms with Gasteiger partial charge in [0.05, 0.1) is 12.5 Å². The molecule has 0 bridgehead atoms. The fourth-order valence-electron chi connectivity index (χ4n) is 6.31. The molecule has 0 aromatic rings. The Labute approximate surface area is 330 Å². The molecule has 1 rings (SSSR count). The number of ether oxygens (including phenoxy) is 4. The van der Waals surface area contributed by atoms with E-state index in [2.05, 4.69) is 61.9 Å². The Bertz CT molecular complexity index is 1020. The standard InChI is InChI=1S/C45H80N2O7/c1-5-8-11-13-14-15-16-17-18-19-20-21-22-23-26-30-43(48)52-38-42(40-54-45(50)51-36-27-31-47-34-32-46(4)33-35-47)39-53-44(49)37-41(28-24-10-7-3)29-25-12-9-6-2/h14-15,17-18,37,42H,5-13,16,19-36,38-40H2,1-4H3/b15-14-,18-17-,41-37+. The molecule has 1 fully saturated rings. The van der Waals surface area contributed by atoms with Gasteiger partial charge in [0.15, 0.2) is 0 Å². The predicted molar refractivity (Wildman–Crippen MR) is 222 cm³/mol. The molecule has 1 heterocycles. The number of carbonyl (C=O) groups excluding carboxylic acids is 3. The van der Waals surface area contributed by atoms with Crippen molar-refractivity contribution in [3.05, 3.63) is 36.0 Å². The van der Waals surface area contributed by atoms with Crippen molar-refractivity contribution in [1.82, 2.24) is 9.80 Å². The predicted octanol–water partition coefficient (Wildman–Crippen LogP) is 10.8. The maximum absolute atomic E-state index is 12.9. The van der Waals surface area contributed by atoms with Gasteiger partial charge in [-0.3, -0.25) is 4.79 Å². The first-order chi connectivity index (χ1) is 26.4. The number of hydrogen-bond acceptors (Lipinski definition) is 9. The molecular weight excluding hydrogens is 681 g/mol. The van der Waals surface area contributed by atoms with Crippen LogP contribution in [0.1, 0.15) is 162 Å². The molecule has 0 aromatic carbocycles. The van der Waals surface area contributed by atoms with Gasteiger partial charge < -0.3 is 28.7 Å². The van der Waals surface area contributed by atoms with Crippen molar-refractivity contribution >= 4 is 18.1 Å². The number of carbonyl (C=O) groups is 3. The second-order valence-electron chi connectivity index (χ2n) is 15.1. The Morgan fingerprint density at radius 2 is 1.11 bits per heavy atom. The molecule has 0 saturated carbocycles. The third kappa shape index (κ3) is 30.7. The molecule has 1 atom stereocenters. The Hall–Kier alpha value is -2.65. The normalized spacial score (nSPS) is 14.9. The summed E-state index contributed by atoms with van der Waals surface area (Å²) in [6.07, 6.45) is 33.1. The summed E-state index contributed by atoms with van der Waals surface area (Å²) in [6.45, 7) is 11.8. The SMILES string of the molecule is CCCCC/C=C\C/C=C\CCCCCCCC(=O)OCC(COC(=O)/C=C(\CCCCC)CCCCCC)COC(=O)OCCCN1CCN(C)CC1. The van der Waals surface area contributed by atoms with Crippen molar-refractivity contribution < 1.29 is 33.3 Å². The number of allylic oxidation sites excluding steroid dienone is 5. The molecule has 1 aliphatic heterocycles. The lowest BCUT2D eigenvalue weighted by Gasteiger charge is -2.32. The summed E-state index contributed by atoms with van der Waals surface area (Å²) in [7, 11) is 2.13. The highest BCUT2D eigenvalue weighted by Gasteiger charge is 2.19. The summed E-state index contributed by atoms with van der Waals surface area (Å²) in [4.78, 5) is 42.6. The third-order valence-electron chi connectivity index (χ3n) is 9.92. The highest BCUT2D eigenvalue weighted by Crippen LogP contribution is 2.18. The molecule has 0 aromatic heterocycles. The molecule has 1 unspecified atom stereocenters. The quantitative estimate of drug-likeness (QED) is 0.0209. The summed E-state index contributed by atoms with van der Waals surface area (Å²) < 4.78 is 21.9. The van der Waals surface area contributed by atoms with Crippen LogP contribution in [0.2, 0.25) is 0 Å². The lowest BCUT2D eigenvalue weighted by Crippen LogP contribution is -2.44. The van der Waals surface area contributed by atoms with Crippen molar-refractivity contribution in [3.8, 4) is 0 Å². The van der Waals surface area contributed by atoms with Crippen LogP contribution in [0.4, 0.5) is 4.79 Å². The summed E-state index contributed by atoms with van der Waals surface area (Å²) in [5.41, 5.74) is 1.13. The van der Waals surface area contributed by atoms with E-state index in [0.717, 1.165) is 135 Å². The van der Waals surface area contributed by atoms with E-state index in [4.69, 9.17) is 18.9 Å². The first-order valence-electron chi connectivity index (χ1n) is 21.9. The summed E-state index contributed by atoms with van der Waals surface area (Å²) in [5.74, 6) is -1.17. The van der Waals surface area contributed by atoms with Gasteiger partial charge in [0.25, 0.3) is 0 Å². The fraction of sp³-hybridized carbons (Fsp3) is 0.800. The van der Waals surface area contributed by atoms with Gasteiger partial charge in [-0.2, -0.15) is 0 Å². The molecule has 0 amide bonds. The largest absolute Gasteiger partial charge is 0.508 e. The maximum Gasteiger partial charge on any atom is 0.508 e. The smallest absolute Gasteiger partial charge is 0.465 e. The van der Waals surface area contributed by atoms with Gasteiger partial charge in [0.2, 0.25) is 0 Å². The van der Waals surface area contributed by atoms with E-state index in [1.54, 1.807) is 6.08 Å². The van der Waals surface area contributed by atoms with E-state index in [1.165, 1.54) is 38.5 Å². The lowest BCUT2D eigenvalue weighted by molar-refractivity contribution is -0.148. The topological polar surface area (TPSA) is 94.6 Å². The fourth-order valence-corrected chi connectivity index (χ4v) is 6.31. The van der Waals surface area contributed by atoms with E-state index in [1.807, 2.05) is 0 Å². The van der Waals surface area contributed by atoms with Gasteiger partial charge in [-0.1, -0.05) is 115 Å². The van der Waals surface area contributed by atoms with E-state index in [9.17, 15) is 14.4 Å². The summed E-state index contributed by atoms with van der Waals surface area (Å²) >= 11 is 0. The Morgan fingerprint density at radius 3 is 1.81 bits per heavy atom. The molecule has 0 N–H and O–H groups in total. The number of likely N-dealkylation sites (N-methyl/N-ethyl adjacent to an activating group) is 1. The zero-order valence-corrected chi connectivity index (χ0v) is 35.1. The summed E-state index contributed by atoms with van der Waals surface area (Å²) in [5, 5.41) is 0. The molecule has 0 spiro atoms. The van der Waals surface area contributed by atoms with Crippen LogP contribution in [0, 0.1) is 5.92 Å². The average Bonchev–Trinajstić information content (AvgIpc) is 3.17. The molecule has 0 radical (unpaired) electrons. The minimum Gasteiger partial charge on any atom is -0.465 e. The molecule has 0 aliphatic carbocycles. The first-order valence-corrected chi connectivity index (χ1v) is 21.9. The monoisotopic (exact) mass is 761 g/mol. The zero-order chi connectivity index (χ0) is 39.3. The van der Waals surface area contributed by atoms with E-state index < -0.39 is 18.0 Å². The molecule has 9 heteroatoms. The average molecular weight is 761 g/mol. The van der Waals surface area contributed by atoms with Crippen LogP contribution in [-0.2, 0) is 28.5 Å². The highest BCUT2D eigenvalue weighted by atomic mass is 16.7. The zero-order valence-electron chi connectivity index (χ0n) is 35.1. The number of unbranched alkanes of at least 4 members (excludes halogenated alkanes) is 13. The second kappa shape index (κ2) is 36.0. The van der Waals surface area contributed by atoms with E-state index in [0.29, 0.717) is 6.42 Å².